The SMILES string of the molecule is CCCCC1CCC2CC(c3cc(F)c4ccc(F)cc4c3)CCC2C1. The van der Waals surface area contributed by atoms with Crippen molar-refractivity contribution < 1.29 is 8.78 Å². The number of benzene rings is 2. The average molecular weight is 357 g/mol. The van der Waals surface area contributed by atoms with Gasteiger partial charge >= 0.3 is 0 Å². The molecule has 0 bridgehead atoms. The van der Waals surface area contributed by atoms with Crippen molar-refractivity contribution in [2.24, 2.45) is 17.8 Å². The van der Waals surface area contributed by atoms with Gasteiger partial charge in [0.25, 0.3) is 0 Å². The van der Waals surface area contributed by atoms with Crippen LogP contribution in [0.1, 0.15) is 76.2 Å². The summed E-state index contributed by atoms with van der Waals surface area (Å²) in [7, 11) is 0. The summed E-state index contributed by atoms with van der Waals surface area (Å²) in [6.45, 7) is 2.28. The van der Waals surface area contributed by atoms with Crippen LogP contribution in [0.3, 0.4) is 0 Å². The van der Waals surface area contributed by atoms with Gasteiger partial charge in [0.05, 0.1) is 0 Å². The highest BCUT2D eigenvalue weighted by molar-refractivity contribution is 5.84. The number of halogens is 2. The molecule has 0 N–H and O–H groups in total. The number of unbranched alkanes of at least 4 members (excludes halogenated alkanes) is 1. The highest BCUT2D eigenvalue weighted by Gasteiger charge is 2.35. The zero-order chi connectivity index (χ0) is 18.1. The standard InChI is InChI=1S/C24H30F2/c1-2-3-4-16-5-6-18-12-19(8-7-17(18)11-16)20-13-21-14-22(25)9-10-23(21)24(26)15-20/h9-10,13-19H,2-8,11-12H2,1H3. The lowest BCUT2D eigenvalue weighted by atomic mass is 9.63. The van der Waals surface area contributed by atoms with Gasteiger partial charge in [-0.15, -0.1) is 0 Å². The molecule has 0 saturated heterocycles. The van der Waals surface area contributed by atoms with Gasteiger partial charge in [-0.25, -0.2) is 8.78 Å². The molecule has 0 heterocycles. The molecule has 0 aromatic heterocycles. The Morgan fingerprint density at radius 2 is 1.73 bits per heavy atom. The Morgan fingerprint density at radius 1 is 0.923 bits per heavy atom. The van der Waals surface area contributed by atoms with E-state index in [9.17, 15) is 8.78 Å². The van der Waals surface area contributed by atoms with Crippen LogP contribution in [0, 0.1) is 29.4 Å². The second-order valence-electron chi connectivity index (χ2n) is 8.72. The molecule has 2 aliphatic carbocycles. The maximum atomic E-state index is 14.5. The van der Waals surface area contributed by atoms with Crippen molar-refractivity contribution in [3.05, 3.63) is 47.5 Å². The molecule has 0 aliphatic heterocycles. The predicted octanol–water partition coefficient (Wildman–Crippen LogP) is 7.61. The molecule has 2 saturated carbocycles. The Bertz CT molecular complexity index is 766. The fourth-order valence-corrected chi connectivity index (χ4v) is 5.60. The first kappa shape index (κ1) is 17.9. The molecule has 2 fully saturated rings. The summed E-state index contributed by atoms with van der Waals surface area (Å²) in [4.78, 5) is 0. The minimum atomic E-state index is -0.289. The van der Waals surface area contributed by atoms with Gasteiger partial charge in [0.15, 0.2) is 0 Å². The Morgan fingerprint density at radius 3 is 2.58 bits per heavy atom. The third-order valence-corrected chi connectivity index (χ3v) is 7.05. The average Bonchev–Trinajstić information content (AvgIpc) is 2.65. The van der Waals surface area contributed by atoms with Crippen LogP contribution in [0.15, 0.2) is 30.3 Å². The van der Waals surface area contributed by atoms with E-state index < -0.39 is 0 Å². The van der Waals surface area contributed by atoms with Gasteiger partial charge in [-0.2, -0.15) is 0 Å². The molecule has 26 heavy (non-hydrogen) atoms. The first-order valence-corrected chi connectivity index (χ1v) is 10.5. The van der Waals surface area contributed by atoms with Gasteiger partial charge in [-0.3, -0.25) is 0 Å². The summed E-state index contributed by atoms with van der Waals surface area (Å²) in [5.41, 5.74) is 1.08. The van der Waals surface area contributed by atoms with Crippen molar-refractivity contribution in [1.82, 2.24) is 0 Å². The molecule has 4 atom stereocenters. The molecule has 4 unspecified atom stereocenters. The van der Waals surface area contributed by atoms with Gasteiger partial charge < -0.3 is 0 Å². The monoisotopic (exact) mass is 356 g/mol. The molecule has 0 spiro atoms. The Kier molecular flexibility index (Phi) is 5.29. The largest absolute Gasteiger partial charge is 0.207 e. The second-order valence-corrected chi connectivity index (χ2v) is 8.72. The highest BCUT2D eigenvalue weighted by Crippen LogP contribution is 2.48. The van der Waals surface area contributed by atoms with E-state index in [0.717, 1.165) is 29.7 Å². The highest BCUT2D eigenvalue weighted by atomic mass is 19.1. The first-order chi connectivity index (χ1) is 12.6. The minimum Gasteiger partial charge on any atom is -0.207 e. The molecule has 4 rings (SSSR count). The van der Waals surface area contributed by atoms with Crippen LogP contribution in [0.5, 0.6) is 0 Å². The van der Waals surface area contributed by atoms with Gasteiger partial charge in [-0.05, 0) is 91.0 Å². The fraction of sp³-hybridized carbons (Fsp3) is 0.583. The lowest BCUT2D eigenvalue weighted by molar-refractivity contribution is 0.113. The Labute approximate surface area is 156 Å². The van der Waals surface area contributed by atoms with E-state index in [4.69, 9.17) is 0 Å². The van der Waals surface area contributed by atoms with Crippen LogP contribution < -0.4 is 0 Å². The predicted molar refractivity (Wildman–Crippen MR) is 104 cm³/mol. The van der Waals surface area contributed by atoms with Crippen LogP contribution >= 0.6 is 0 Å². The van der Waals surface area contributed by atoms with Crippen molar-refractivity contribution in [3.8, 4) is 0 Å². The van der Waals surface area contributed by atoms with Crippen LogP contribution in [-0.2, 0) is 0 Å². The maximum absolute atomic E-state index is 14.5. The van der Waals surface area contributed by atoms with Crippen LogP contribution in [0.2, 0.25) is 0 Å². The summed E-state index contributed by atoms with van der Waals surface area (Å²) in [6, 6.07) is 8.09. The lowest BCUT2D eigenvalue weighted by Gasteiger charge is -2.42. The van der Waals surface area contributed by atoms with Crippen molar-refractivity contribution in [2.45, 2.75) is 70.6 Å². The third kappa shape index (κ3) is 3.66. The molecular weight excluding hydrogens is 326 g/mol. The van der Waals surface area contributed by atoms with Crippen molar-refractivity contribution in [1.29, 1.82) is 0 Å². The van der Waals surface area contributed by atoms with Gasteiger partial charge in [-0.1, -0.05) is 38.7 Å². The van der Waals surface area contributed by atoms with Gasteiger partial charge in [0.2, 0.25) is 0 Å². The first-order valence-electron chi connectivity index (χ1n) is 10.5. The number of hydrogen-bond acceptors (Lipinski definition) is 0. The zero-order valence-corrected chi connectivity index (χ0v) is 15.8. The lowest BCUT2D eigenvalue weighted by Crippen LogP contribution is -2.30. The quantitative estimate of drug-likeness (QED) is 0.529. The summed E-state index contributed by atoms with van der Waals surface area (Å²) in [6.07, 6.45) is 11.8. The summed E-state index contributed by atoms with van der Waals surface area (Å²) < 4.78 is 28.1. The molecule has 2 heteroatoms. The smallest absolute Gasteiger partial charge is 0.131 e. The Balaban J connectivity index is 1.48. The molecule has 140 valence electrons. The topological polar surface area (TPSA) is 0 Å². The van der Waals surface area contributed by atoms with Gasteiger partial charge in [0, 0.05) is 5.39 Å². The molecule has 0 amide bonds. The number of rotatable bonds is 4. The van der Waals surface area contributed by atoms with E-state index in [1.165, 1.54) is 63.5 Å². The van der Waals surface area contributed by atoms with E-state index in [1.807, 2.05) is 6.07 Å². The van der Waals surface area contributed by atoms with Gasteiger partial charge in [0.1, 0.15) is 11.6 Å². The molecular formula is C24H30F2. The van der Waals surface area contributed by atoms with Crippen LogP contribution in [0.25, 0.3) is 10.8 Å². The third-order valence-electron chi connectivity index (χ3n) is 7.05. The van der Waals surface area contributed by atoms with Crippen molar-refractivity contribution in [3.63, 3.8) is 0 Å². The fourth-order valence-electron chi connectivity index (χ4n) is 5.60. The second kappa shape index (κ2) is 7.66. The van der Waals surface area contributed by atoms with Crippen LogP contribution in [-0.4, -0.2) is 0 Å². The normalized spacial score (nSPS) is 28.9. The van der Waals surface area contributed by atoms with E-state index in [-0.39, 0.29) is 11.6 Å². The molecule has 0 radical (unpaired) electrons. The molecule has 2 aliphatic rings. The number of hydrogen-bond donors (Lipinski definition) is 0. The van der Waals surface area contributed by atoms with Crippen molar-refractivity contribution >= 4 is 10.8 Å². The summed E-state index contributed by atoms with van der Waals surface area (Å²) in [5, 5.41) is 1.23. The Hall–Kier alpha value is -1.44. The van der Waals surface area contributed by atoms with Crippen LogP contribution in [0.4, 0.5) is 8.78 Å². The molecule has 2 aromatic rings. The van der Waals surface area contributed by atoms with E-state index in [1.54, 1.807) is 12.1 Å². The van der Waals surface area contributed by atoms with E-state index in [2.05, 4.69) is 6.92 Å². The zero-order valence-electron chi connectivity index (χ0n) is 15.8. The summed E-state index contributed by atoms with van der Waals surface area (Å²) >= 11 is 0. The van der Waals surface area contributed by atoms with E-state index >= 15 is 0 Å². The minimum absolute atomic E-state index is 0.206. The molecule has 2 aromatic carbocycles. The molecule has 0 nitrogen and oxygen atoms in total. The number of fused-ring (bicyclic) bond motifs is 2. The summed E-state index contributed by atoms with van der Waals surface area (Å²) in [5.74, 6) is 2.56. The maximum Gasteiger partial charge on any atom is 0.131 e. The van der Waals surface area contributed by atoms with Crippen molar-refractivity contribution in [2.75, 3.05) is 0 Å². The van der Waals surface area contributed by atoms with E-state index in [0.29, 0.717) is 16.7 Å².